The van der Waals surface area contributed by atoms with E-state index >= 15 is 0 Å². The van der Waals surface area contributed by atoms with Crippen LogP contribution in [0, 0.1) is 12.3 Å². The number of nitrogens with zero attached hydrogens (tertiary/aromatic N) is 3. The number of hydrogen-bond acceptors (Lipinski definition) is 3. The molecule has 1 heterocycles. The average molecular weight is 269 g/mol. The van der Waals surface area contributed by atoms with Gasteiger partial charge in [-0.3, -0.25) is 9.69 Å². The van der Waals surface area contributed by atoms with Gasteiger partial charge in [-0.05, 0) is 18.2 Å². The summed E-state index contributed by atoms with van der Waals surface area (Å²) in [4.78, 5) is 12.4. The molecule has 0 radical (unpaired) electrons. The lowest BCUT2D eigenvalue weighted by molar-refractivity contribution is -0.138. The molecule has 0 atom stereocenters. The average Bonchev–Trinajstić information content (AvgIpc) is 2.88. The monoisotopic (exact) mass is 269 g/mol. The number of hydrogen-bond donors (Lipinski definition) is 1. The Balaban J connectivity index is 2.08. The third kappa shape index (κ3) is 3.70. The molecule has 0 spiro atoms. The topological polar surface area (TPSA) is 58.4 Å². The Morgan fingerprint density at radius 3 is 2.75 bits per heavy atom. The van der Waals surface area contributed by atoms with Crippen LogP contribution in [0.1, 0.15) is 5.69 Å². The van der Waals surface area contributed by atoms with Crippen molar-refractivity contribution in [1.29, 1.82) is 0 Å². The van der Waals surface area contributed by atoms with E-state index in [4.69, 9.17) is 11.5 Å². The van der Waals surface area contributed by atoms with Crippen molar-refractivity contribution in [2.45, 2.75) is 6.54 Å². The SMILES string of the molecule is C#CCN(CC(=O)O)Cc1ccn(-c2ccccc2)n1. The standard InChI is InChI=1S/C15H15N3O2/c1-2-9-17(12-15(19)20)11-13-8-10-18(16-13)14-6-4-3-5-7-14/h1,3-8,10H,9,11-12H2,(H,19,20). The van der Waals surface area contributed by atoms with E-state index in [-0.39, 0.29) is 13.1 Å². The van der Waals surface area contributed by atoms with Crippen LogP contribution in [0.15, 0.2) is 42.6 Å². The highest BCUT2D eigenvalue weighted by atomic mass is 16.4. The van der Waals surface area contributed by atoms with Gasteiger partial charge in [0.2, 0.25) is 0 Å². The Morgan fingerprint density at radius 1 is 1.35 bits per heavy atom. The number of carboxylic acid groups (broad SMARTS) is 1. The number of terminal acetylenes is 1. The molecule has 0 amide bonds. The summed E-state index contributed by atoms with van der Waals surface area (Å²) in [6, 6.07) is 11.6. The largest absolute Gasteiger partial charge is 0.480 e. The molecular weight excluding hydrogens is 254 g/mol. The van der Waals surface area contributed by atoms with Crippen molar-refractivity contribution < 1.29 is 9.90 Å². The van der Waals surface area contributed by atoms with Crippen LogP contribution in [-0.2, 0) is 11.3 Å². The number of aromatic nitrogens is 2. The van der Waals surface area contributed by atoms with Crippen molar-refractivity contribution in [1.82, 2.24) is 14.7 Å². The third-order valence-corrected chi connectivity index (χ3v) is 2.72. The smallest absolute Gasteiger partial charge is 0.317 e. The number of benzene rings is 1. The minimum absolute atomic E-state index is 0.0948. The van der Waals surface area contributed by atoms with Crippen LogP contribution in [0.4, 0.5) is 0 Å². The summed E-state index contributed by atoms with van der Waals surface area (Å²) < 4.78 is 1.75. The van der Waals surface area contributed by atoms with Gasteiger partial charge in [-0.2, -0.15) is 5.10 Å². The van der Waals surface area contributed by atoms with Crippen LogP contribution in [0.2, 0.25) is 0 Å². The summed E-state index contributed by atoms with van der Waals surface area (Å²) in [5.41, 5.74) is 1.74. The molecule has 20 heavy (non-hydrogen) atoms. The maximum absolute atomic E-state index is 10.8. The van der Waals surface area contributed by atoms with Crippen LogP contribution >= 0.6 is 0 Å². The lowest BCUT2D eigenvalue weighted by Gasteiger charge is -2.15. The van der Waals surface area contributed by atoms with Gasteiger partial charge in [0.25, 0.3) is 0 Å². The van der Waals surface area contributed by atoms with Gasteiger partial charge in [-0.1, -0.05) is 24.1 Å². The fourth-order valence-corrected chi connectivity index (χ4v) is 1.89. The van der Waals surface area contributed by atoms with Gasteiger partial charge >= 0.3 is 5.97 Å². The van der Waals surface area contributed by atoms with Crippen molar-refractivity contribution in [2.75, 3.05) is 13.1 Å². The van der Waals surface area contributed by atoms with E-state index in [1.54, 1.807) is 9.58 Å². The molecule has 5 nitrogen and oxygen atoms in total. The predicted octanol–water partition coefficient (Wildman–Crippen LogP) is 1.39. The van der Waals surface area contributed by atoms with Gasteiger partial charge < -0.3 is 5.11 Å². The lowest BCUT2D eigenvalue weighted by atomic mass is 10.3. The molecule has 0 saturated heterocycles. The number of carbonyl (C=O) groups is 1. The van der Waals surface area contributed by atoms with Gasteiger partial charge in [-0.15, -0.1) is 6.42 Å². The first kappa shape index (κ1) is 13.8. The van der Waals surface area contributed by atoms with E-state index in [1.165, 1.54) is 0 Å². The molecule has 0 fully saturated rings. The first-order valence-electron chi connectivity index (χ1n) is 6.16. The molecule has 0 aliphatic rings. The van der Waals surface area contributed by atoms with Gasteiger partial charge in [0.05, 0.1) is 24.5 Å². The van der Waals surface area contributed by atoms with Crippen LogP contribution in [-0.4, -0.2) is 38.8 Å². The second-order valence-electron chi connectivity index (χ2n) is 4.33. The molecule has 102 valence electrons. The highest BCUT2D eigenvalue weighted by Gasteiger charge is 2.11. The molecule has 0 saturated carbocycles. The molecular formula is C15H15N3O2. The molecule has 0 aliphatic carbocycles. The Labute approximate surface area is 117 Å². The van der Waals surface area contributed by atoms with Crippen molar-refractivity contribution in [3.05, 3.63) is 48.3 Å². The van der Waals surface area contributed by atoms with Crippen molar-refractivity contribution >= 4 is 5.97 Å². The highest BCUT2D eigenvalue weighted by molar-refractivity contribution is 5.69. The van der Waals surface area contributed by atoms with Gasteiger partial charge in [0.15, 0.2) is 0 Å². The molecule has 1 aromatic carbocycles. The zero-order chi connectivity index (χ0) is 14.4. The normalized spacial score (nSPS) is 10.4. The summed E-state index contributed by atoms with van der Waals surface area (Å²) in [5.74, 6) is 1.56. The van der Waals surface area contributed by atoms with Crippen molar-refractivity contribution in [3.8, 4) is 18.0 Å². The van der Waals surface area contributed by atoms with Gasteiger partial charge in [0.1, 0.15) is 0 Å². The first-order valence-corrected chi connectivity index (χ1v) is 6.16. The van der Waals surface area contributed by atoms with E-state index in [0.717, 1.165) is 11.4 Å². The molecule has 0 unspecified atom stereocenters. The minimum Gasteiger partial charge on any atom is -0.480 e. The predicted molar refractivity (Wildman–Crippen MR) is 75.3 cm³/mol. The quantitative estimate of drug-likeness (QED) is 0.805. The van der Waals surface area contributed by atoms with Crippen LogP contribution in [0.25, 0.3) is 5.69 Å². The summed E-state index contributed by atoms with van der Waals surface area (Å²) in [5, 5.41) is 13.3. The second kappa shape index (κ2) is 6.55. The zero-order valence-electron chi connectivity index (χ0n) is 10.9. The highest BCUT2D eigenvalue weighted by Crippen LogP contribution is 2.08. The maximum atomic E-state index is 10.8. The van der Waals surface area contributed by atoms with E-state index in [9.17, 15) is 4.79 Å². The molecule has 1 N–H and O–H groups in total. The molecule has 2 rings (SSSR count). The van der Waals surface area contributed by atoms with E-state index in [2.05, 4.69) is 11.0 Å². The lowest BCUT2D eigenvalue weighted by Crippen LogP contribution is -2.29. The molecule has 0 bridgehead atoms. The summed E-state index contributed by atoms with van der Waals surface area (Å²) in [7, 11) is 0. The fraction of sp³-hybridized carbons (Fsp3) is 0.200. The van der Waals surface area contributed by atoms with E-state index in [1.807, 2.05) is 42.6 Å². The number of aliphatic carboxylic acids is 1. The molecule has 5 heteroatoms. The summed E-state index contributed by atoms with van der Waals surface area (Å²) in [6.45, 7) is 0.600. The zero-order valence-corrected chi connectivity index (χ0v) is 10.9. The number of rotatable bonds is 6. The van der Waals surface area contributed by atoms with Crippen LogP contribution < -0.4 is 0 Å². The van der Waals surface area contributed by atoms with Crippen molar-refractivity contribution in [3.63, 3.8) is 0 Å². The van der Waals surface area contributed by atoms with Crippen LogP contribution in [0.3, 0.4) is 0 Å². The molecule has 0 aliphatic heterocycles. The first-order chi connectivity index (χ1) is 9.69. The van der Waals surface area contributed by atoms with E-state index in [0.29, 0.717) is 6.54 Å². The Kier molecular flexibility index (Phi) is 4.53. The van der Waals surface area contributed by atoms with Gasteiger partial charge in [0, 0.05) is 12.7 Å². The van der Waals surface area contributed by atoms with E-state index < -0.39 is 5.97 Å². The third-order valence-electron chi connectivity index (χ3n) is 2.72. The molecule has 1 aromatic heterocycles. The second-order valence-corrected chi connectivity index (χ2v) is 4.33. The summed E-state index contributed by atoms with van der Waals surface area (Å²) in [6.07, 6.45) is 7.09. The fourth-order valence-electron chi connectivity index (χ4n) is 1.89. The maximum Gasteiger partial charge on any atom is 0.317 e. The minimum atomic E-state index is -0.900. The van der Waals surface area contributed by atoms with Crippen LogP contribution in [0.5, 0.6) is 0 Å². The van der Waals surface area contributed by atoms with Gasteiger partial charge in [-0.25, -0.2) is 4.68 Å². The Bertz CT molecular complexity index is 614. The molecule has 2 aromatic rings. The summed E-state index contributed by atoms with van der Waals surface area (Å²) >= 11 is 0. The Hall–Kier alpha value is -2.58. The van der Waals surface area contributed by atoms with Crippen molar-refractivity contribution in [2.24, 2.45) is 0 Å². The number of para-hydroxylation sites is 1. The Morgan fingerprint density at radius 2 is 2.10 bits per heavy atom. The number of carboxylic acids is 1.